The van der Waals surface area contributed by atoms with Crippen LogP contribution in [0.2, 0.25) is 0 Å². The monoisotopic (exact) mass is 393 g/mol. The van der Waals surface area contributed by atoms with E-state index in [0.29, 0.717) is 18.1 Å². The molecule has 1 fully saturated rings. The van der Waals surface area contributed by atoms with E-state index in [-0.39, 0.29) is 10.7 Å². The predicted octanol–water partition coefficient (Wildman–Crippen LogP) is 4.05. The van der Waals surface area contributed by atoms with Gasteiger partial charge in [-0.3, -0.25) is 4.68 Å². The highest BCUT2D eigenvalue weighted by molar-refractivity contribution is 7.92. The van der Waals surface area contributed by atoms with E-state index in [2.05, 4.69) is 30.9 Å². The molecular formula is C20H31N3O3S. The molecule has 2 aromatic rings. The quantitative estimate of drug-likeness (QED) is 0.766. The second-order valence-electron chi connectivity index (χ2n) is 8.77. The summed E-state index contributed by atoms with van der Waals surface area (Å²) in [5.41, 5.74) is 1.77. The number of rotatable bonds is 5. The molecule has 0 bridgehead atoms. The maximum Gasteiger partial charge on any atom is 0.196 e. The van der Waals surface area contributed by atoms with Crippen molar-refractivity contribution in [3.63, 3.8) is 0 Å². The molecule has 0 saturated heterocycles. The van der Waals surface area contributed by atoms with E-state index in [1.54, 1.807) is 17.8 Å². The average molecular weight is 394 g/mol. The summed E-state index contributed by atoms with van der Waals surface area (Å²) in [5, 5.41) is 3.87. The van der Waals surface area contributed by atoms with Gasteiger partial charge in [0.25, 0.3) is 0 Å². The van der Waals surface area contributed by atoms with Crippen LogP contribution in [-0.4, -0.2) is 33.7 Å². The smallest absolute Gasteiger partial charge is 0.196 e. The Morgan fingerprint density at radius 3 is 2.52 bits per heavy atom. The molecule has 1 saturated carbocycles. The molecule has 0 aliphatic heterocycles. The van der Waals surface area contributed by atoms with E-state index >= 15 is 0 Å². The van der Waals surface area contributed by atoms with E-state index in [0.717, 1.165) is 43.5 Å². The second kappa shape index (κ2) is 7.41. The SMILES string of the molecule is CC(Cc1ncc(-c2cc(C(C)(C)C)nn2C)o1)S(=O)(=O)C1CCCCC1. The van der Waals surface area contributed by atoms with E-state index < -0.39 is 15.1 Å². The summed E-state index contributed by atoms with van der Waals surface area (Å²) < 4.78 is 33.4. The largest absolute Gasteiger partial charge is 0.439 e. The Morgan fingerprint density at radius 2 is 1.93 bits per heavy atom. The number of hydrogen-bond acceptors (Lipinski definition) is 5. The van der Waals surface area contributed by atoms with Gasteiger partial charge in [0, 0.05) is 18.9 Å². The first-order valence-corrected chi connectivity index (χ1v) is 11.4. The molecule has 150 valence electrons. The fourth-order valence-electron chi connectivity index (χ4n) is 3.67. The zero-order chi connectivity index (χ0) is 19.8. The van der Waals surface area contributed by atoms with Crippen LogP contribution in [0.3, 0.4) is 0 Å². The number of hydrogen-bond donors (Lipinski definition) is 0. The van der Waals surface area contributed by atoms with Crippen molar-refractivity contribution in [1.82, 2.24) is 14.8 Å². The maximum absolute atomic E-state index is 12.9. The lowest BCUT2D eigenvalue weighted by Gasteiger charge is -2.24. The Bertz CT molecular complexity index is 884. The fourth-order valence-corrected chi connectivity index (χ4v) is 5.69. The lowest BCUT2D eigenvalue weighted by atomic mass is 9.92. The second-order valence-corrected chi connectivity index (χ2v) is 11.4. The van der Waals surface area contributed by atoms with E-state index in [1.165, 1.54) is 0 Å². The first-order chi connectivity index (χ1) is 12.6. The molecule has 1 atom stereocenters. The highest BCUT2D eigenvalue weighted by Crippen LogP contribution is 2.29. The zero-order valence-electron chi connectivity index (χ0n) is 17.0. The lowest BCUT2D eigenvalue weighted by Crippen LogP contribution is -2.33. The van der Waals surface area contributed by atoms with Gasteiger partial charge in [-0.05, 0) is 25.8 Å². The minimum Gasteiger partial charge on any atom is -0.439 e. The van der Waals surface area contributed by atoms with Crippen LogP contribution in [0.1, 0.15) is 71.4 Å². The van der Waals surface area contributed by atoms with Gasteiger partial charge in [-0.15, -0.1) is 0 Å². The lowest BCUT2D eigenvalue weighted by molar-refractivity contribution is 0.467. The third-order valence-corrected chi connectivity index (χ3v) is 8.18. The van der Waals surface area contributed by atoms with Crippen molar-refractivity contribution in [1.29, 1.82) is 0 Å². The first kappa shape index (κ1) is 20.1. The fraction of sp³-hybridized carbons (Fsp3) is 0.700. The number of aryl methyl sites for hydroxylation is 1. The summed E-state index contributed by atoms with van der Waals surface area (Å²) in [7, 11) is -1.28. The minimum absolute atomic E-state index is 0.0541. The minimum atomic E-state index is -3.16. The van der Waals surface area contributed by atoms with E-state index in [9.17, 15) is 8.42 Å². The van der Waals surface area contributed by atoms with Crippen molar-refractivity contribution in [3.8, 4) is 11.5 Å². The van der Waals surface area contributed by atoms with Gasteiger partial charge in [-0.25, -0.2) is 13.4 Å². The van der Waals surface area contributed by atoms with Crippen LogP contribution in [-0.2, 0) is 28.7 Å². The van der Waals surface area contributed by atoms with Gasteiger partial charge in [0.2, 0.25) is 0 Å². The Hall–Kier alpha value is -1.63. The van der Waals surface area contributed by atoms with Gasteiger partial charge in [0.05, 0.1) is 22.4 Å². The third kappa shape index (κ3) is 4.28. The molecular weight excluding hydrogens is 362 g/mol. The van der Waals surface area contributed by atoms with Gasteiger partial charge >= 0.3 is 0 Å². The van der Waals surface area contributed by atoms with Crippen LogP contribution >= 0.6 is 0 Å². The number of oxazole rings is 1. The third-order valence-electron chi connectivity index (χ3n) is 5.49. The summed E-state index contributed by atoms with van der Waals surface area (Å²) in [5.74, 6) is 1.09. The Labute approximate surface area is 162 Å². The van der Waals surface area contributed by atoms with E-state index in [1.807, 2.05) is 13.1 Å². The number of nitrogens with zero attached hydrogens (tertiary/aromatic N) is 3. The number of sulfone groups is 1. The van der Waals surface area contributed by atoms with Crippen molar-refractivity contribution >= 4 is 9.84 Å². The van der Waals surface area contributed by atoms with Crippen LogP contribution in [0, 0.1) is 0 Å². The van der Waals surface area contributed by atoms with E-state index in [4.69, 9.17) is 4.42 Å². The Morgan fingerprint density at radius 1 is 1.26 bits per heavy atom. The molecule has 1 unspecified atom stereocenters. The molecule has 27 heavy (non-hydrogen) atoms. The van der Waals surface area contributed by atoms with Crippen LogP contribution in [0.25, 0.3) is 11.5 Å². The van der Waals surface area contributed by atoms with Crippen molar-refractivity contribution in [2.45, 2.75) is 82.1 Å². The molecule has 1 aliphatic carbocycles. The van der Waals surface area contributed by atoms with Crippen molar-refractivity contribution in [2.75, 3.05) is 0 Å². The van der Waals surface area contributed by atoms with Crippen molar-refractivity contribution < 1.29 is 12.8 Å². The maximum atomic E-state index is 12.9. The van der Waals surface area contributed by atoms with Gasteiger partial charge in [-0.1, -0.05) is 40.0 Å². The summed E-state index contributed by atoms with van der Waals surface area (Å²) >= 11 is 0. The predicted molar refractivity (Wildman–Crippen MR) is 106 cm³/mol. The van der Waals surface area contributed by atoms with Crippen molar-refractivity contribution in [3.05, 3.63) is 23.8 Å². The molecule has 7 heteroatoms. The summed E-state index contributed by atoms with van der Waals surface area (Å²) in [6.45, 7) is 8.11. The van der Waals surface area contributed by atoms with Gasteiger partial charge in [0.1, 0.15) is 5.69 Å². The highest BCUT2D eigenvalue weighted by atomic mass is 32.2. The molecule has 2 aromatic heterocycles. The summed E-state index contributed by atoms with van der Waals surface area (Å²) in [4.78, 5) is 4.33. The molecule has 3 rings (SSSR count). The molecule has 2 heterocycles. The normalized spacial score (nSPS) is 18.0. The molecule has 1 aliphatic rings. The highest BCUT2D eigenvalue weighted by Gasteiger charge is 2.33. The van der Waals surface area contributed by atoms with Crippen LogP contribution in [0.15, 0.2) is 16.7 Å². The molecule has 0 spiro atoms. The van der Waals surface area contributed by atoms with Gasteiger partial charge < -0.3 is 4.42 Å². The summed E-state index contributed by atoms with van der Waals surface area (Å²) in [6.07, 6.45) is 6.71. The van der Waals surface area contributed by atoms with Gasteiger partial charge in [0.15, 0.2) is 21.5 Å². The molecule has 0 amide bonds. The average Bonchev–Trinajstić information content (AvgIpc) is 3.21. The topological polar surface area (TPSA) is 78.0 Å². The van der Waals surface area contributed by atoms with Crippen LogP contribution < -0.4 is 0 Å². The van der Waals surface area contributed by atoms with Gasteiger partial charge in [-0.2, -0.15) is 5.10 Å². The molecule has 0 radical (unpaired) electrons. The van der Waals surface area contributed by atoms with Crippen molar-refractivity contribution in [2.24, 2.45) is 7.05 Å². The zero-order valence-corrected chi connectivity index (χ0v) is 17.8. The first-order valence-electron chi connectivity index (χ1n) is 9.81. The number of aromatic nitrogens is 3. The molecule has 0 aromatic carbocycles. The Kier molecular flexibility index (Phi) is 5.52. The standard InChI is InChI=1S/C20H31N3O3S/c1-14(27(24,25)15-9-7-6-8-10-15)11-19-21-13-17(26-19)16-12-18(20(2,3)4)22-23(16)5/h12-15H,6-11H2,1-5H3. The summed E-state index contributed by atoms with van der Waals surface area (Å²) in [6, 6.07) is 2.01. The van der Waals surface area contributed by atoms with Crippen LogP contribution in [0.5, 0.6) is 0 Å². The molecule has 6 nitrogen and oxygen atoms in total. The molecule has 0 N–H and O–H groups in total. The Balaban J connectivity index is 1.75. The van der Waals surface area contributed by atoms with Crippen LogP contribution in [0.4, 0.5) is 0 Å².